The number of pyridine rings is 1. The summed E-state index contributed by atoms with van der Waals surface area (Å²) in [7, 11) is 0. The lowest BCUT2D eigenvalue weighted by molar-refractivity contribution is 1.30. The van der Waals surface area contributed by atoms with Gasteiger partial charge in [-0.15, -0.1) is 0 Å². The van der Waals surface area contributed by atoms with Crippen molar-refractivity contribution in [2.45, 2.75) is 0 Å². The van der Waals surface area contributed by atoms with Crippen molar-refractivity contribution in [3.05, 3.63) is 48.8 Å². The predicted octanol–water partition coefficient (Wildman–Crippen LogP) is 2.28. The molecule has 1 nitrogen and oxygen atoms in total. The average molecular weight is 131 g/mol. The Labute approximate surface area is 60.7 Å². The molecular formula is C9H9N. The average Bonchev–Trinajstić information content (AvgIpc) is 2.03. The van der Waals surface area contributed by atoms with Crippen LogP contribution in [0.1, 0.15) is 5.69 Å². The minimum absolute atomic E-state index is 0.961. The summed E-state index contributed by atoms with van der Waals surface area (Å²) in [5.41, 5.74) is 0.961. The molecule has 0 saturated heterocycles. The van der Waals surface area contributed by atoms with E-state index in [1.165, 1.54) is 0 Å². The molecule has 0 spiro atoms. The van der Waals surface area contributed by atoms with E-state index in [1.54, 1.807) is 12.3 Å². The van der Waals surface area contributed by atoms with Gasteiger partial charge in [0.1, 0.15) is 0 Å². The van der Waals surface area contributed by atoms with Gasteiger partial charge in [0, 0.05) is 6.20 Å². The van der Waals surface area contributed by atoms with Crippen LogP contribution < -0.4 is 0 Å². The molecule has 0 amide bonds. The molecule has 0 N–H and O–H groups in total. The third-order valence-corrected chi connectivity index (χ3v) is 1.09. The molecule has 1 aromatic rings. The summed E-state index contributed by atoms with van der Waals surface area (Å²) in [5, 5.41) is 0. The normalized spacial score (nSPS) is 10.0. The highest BCUT2D eigenvalue weighted by atomic mass is 14.6. The molecule has 1 rings (SSSR count). The summed E-state index contributed by atoms with van der Waals surface area (Å²) in [4.78, 5) is 4.08. The molecule has 0 aliphatic rings. The second kappa shape index (κ2) is 3.62. The van der Waals surface area contributed by atoms with Crippen LogP contribution in [0.2, 0.25) is 0 Å². The number of hydrogen-bond acceptors (Lipinski definition) is 1. The topological polar surface area (TPSA) is 12.9 Å². The van der Waals surface area contributed by atoms with Gasteiger partial charge >= 0.3 is 0 Å². The summed E-state index contributed by atoms with van der Waals surface area (Å²) < 4.78 is 0. The highest BCUT2D eigenvalue weighted by Crippen LogP contribution is 1.95. The zero-order valence-electron chi connectivity index (χ0n) is 5.70. The predicted molar refractivity (Wildman–Crippen MR) is 43.5 cm³/mol. The number of allylic oxidation sites excluding steroid dienone is 2. The van der Waals surface area contributed by atoms with E-state index in [0.717, 1.165) is 5.69 Å². The van der Waals surface area contributed by atoms with Crippen LogP contribution in [0.15, 0.2) is 43.1 Å². The van der Waals surface area contributed by atoms with Gasteiger partial charge in [0.2, 0.25) is 0 Å². The van der Waals surface area contributed by atoms with E-state index in [2.05, 4.69) is 11.6 Å². The van der Waals surface area contributed by atoms with Gasteiger partial charge < -0.3 is 0 Å². The Balaban J connectivity index is 2.76. The minimum Gasteiger partial charge on any atom is -0.257 e. The molecule has 0 aromatic carbocycles. The van der Waals surface area contributed by atoms with E-state index in [4.69, 9.17) is 0 Å². The van der Waals surface area contributed by atoms with Crippen molar-refractivity contribution >= 4 is 6.08 Å². The molecule has 0 fully saturated rings. The fourth-order valence-corrected chi connectivity index (χ4v) is 0.641. The maximum Gasteiger partial charge on any atom is 0.0629 e. The summed E-state index contributed by atoms with van der Waals surface area (Å²) in [6, 6.07) is 5.79. The molecule has 0 bridgehead atoms. The van der Waals surface area contributed by atoms with Crippen LogP contribution in [0.25, 0.3) is 6.08 Å². The molecule has 0 radical (unpaired) electrons. The molecule has 0 saturated carbocycles. The van der Waals surface area contributed by atoms with Crippen molar-refractivity contribution in [2.24, 2.45) is 0 Å². The molecule has 0 aliphatic heterocycles. The van der Waals surface area contributed by atoms with Gasteiger partial charge in [-0.05, 0) is 18.2 Å². The van der Waals surface area contributed by atoms with Gasteiger partial charge in [0.25, 0.3) is 0 Å². The summed E-state index contributed by atoms with van der Waals surface area (Å²) in [6.07, 6.45) is 7.27. The monoisotopic (exact) mass is 131 g/mol. The first-order valence-electron chi connectivity index (χ1n) is 3.13. The summed E-state index contributed by atoms with van der Waals surface area (Å²) in [5.74, 6) is 0. The van der Waals surface area contributed by atoms with E-state index in [-0.39, 0.29) is 0 Å². The standard InChI is InChI=1S/C9H9N/c1-2-3-6-9-7-4-5-8-10-9/h2-8H,1H2. The Hall–Kier alpha value is -1.37. The minimum atomic E-state index is 0.961. The fourth-order valence-electron chi connectivity index (χ4n) is 0.641. The van der Waals surface area contributed by atoms with Crippen LogP contribution in [0.4, 0.5) is 0 Å². The smallest absolute Gasteiger partial charge is 0.0629 e. The Bertz CT molecular complexity index is 224. The Morgan fingerprint density at radius 2 is 2.30 bits per heavy atom. The Morgan fingerprint density at radius 3 is 2.90 bits per heavy atom. The van der Waals surface area contributed by atoms with Crippen LogP contribution >= 0.6 is 0 Å². The molecule has 0 atom stereocenters. The van der Waals surface area contributed by atoms with Crippen molar-refractivity contribution in [3.63, 3.8) is 0 Å². The van der Waals surface area contributed by atoms with Gasteiger partial charge in [0.05, 0.1) is 5.69 Å². The molecule has 1 heteroatoms. The molecule has 0 aliphatic carbocycles. The van der Waals surface area contributed by atoms with E-state index in [1.807, 2.05) is 30.4 Å². The third kappa shape index (κ3) is 1.86. The zero-order valence-corrected chi connectivity index (χ0v) is 5.70. The van der Waals surface area contributed by atoms with Crippen molar-refractivity contribution in [3.8, 4) is 0 Å². The number of nitrogens with zero attached hydrogens (tertiary/aromatic N) is 1. The number of hydrogen-bond donors (Lipinski definition) is 0. The van der Waals surface area contributed by atoms with Crippen LogP contribution in [0.5, 0.6) is 0 Å². The van der Waals surface area contributed by atoms with Gasteiger partial charge in [-0.2, -0.15) is 0 Å². The van der Waals surface area contributed by atoms with Crippen molar-refractivity contribution < 1.29 is 0 Å². The fraction of sp³-hybridized carbons (Fsp3) is 0. The first-order valence-corrected chi connectivity index (χ1v) is 3.13. The van der Waals surface area contributed by atoms with E-state index in [0.29, 0.717) is 0 Å². The highest BCUT2D eigenvalue weighted by molar-refractivity contribution is 5.45. The molecule has 50 valence electrons. The van der Waals surface area contributed by atoms with Crippen LogP contribution in [0.3, 0.4) is 0 Å². The highest BCUT2D eigenvalue weighted by Gasteiger charge is 1.79. The summed E-state index contributed by atoms with van der Waals surface area (Å²) in [6.45, 7) is 3.56. The van der Waals surface area contributed by atoms with Crippen LogP contribution in [-0.4, -0.2) is 4.98 Å². The maximum absolute atomic E-state index is 4.08. The lowest BCUT2D eigenvalue weighted by Gasteiger charge is -1.86. The first kappa shape index (κ1) is 6.75. The Morgan fingerprint density at radius 1 is 1.40 bits per heavy atom. The molecule has 0 unspecified atom stereocenters. The van der Waals surface area contributed by atoms with Crippen molar-refractivity contribution in [1.82, 2.24) is 4.98 Å². The lowest BCUT2D eigenvalue weighted by Crippen LogP contribution is -1.74. The van der Waals surface area contributed by atoms with E-state index >= 15 is 0 Å². The van der Waals surface area contributed by atoms with Crippen LogP contribution in [0, 0.1) is 0 Å². The first-order chi connectivity index (χ1) is 4.93. The van der Waals surface area contributed by atoms with Gasteiger partial charge in [-0.25, -0.2) is 0 Å². The maximum atomic E-state index is 4.08. The zero-order chi connectivity index (χ0) is 7.23. The largest absolute Gasteiger partial charge is 0.257 e. The van der Waals surface area contributed by atoms with E-state index in [9.17, 15) is 0 Å². The quantitative estimate of drug-likeness (QED) is 0.561. The van der Waals surface area contributed by atoms with Gasteiger partial charge in [0.15, 0.2) is 0 Å². The van der Waals surface area contributed by atoms with Crippen molar-refractivity contribution in [2.75, 3.05) is 0 Å². The molecule has 1 heterocycles. The Kier molecular flexibility index (Phi) is 2.44. The van der Waals surface area contributed by atoms with Gasteiger partial charge in [-0.3, -0.25) is 4.98 Å². The SMILES string of the molecule is C=CC=Cc1ccccn1. The third-order valence-electron chi connectivity index (χ3n) is 1.09. The molecule has 1 aromatic heterocycles. The molecule has 10 heavy (non-hydrogen) atoms. The number of rotatable bonds is 2. The molecular weight excluding hydrogens is 122 g/mol. The second-order valence-corrected chi connectivity index (χ2v) is 1.85. The lowest BCUT2D eigenvalue weighted by atomic mass is 10.3. The van der Waals surface area contributed by atoms with Crippen LogP contribution in [-0.2, 0) is 0 Å². The van der Waals surface area contributed by atoms with Crippen molar-refractivity contribution in [1.29, 1.82) is 0 Å². The second-order valence-electron chi connectivity index (χ2n) is 1.85. The van der Waals surface area contributed by atoms with Gasteiger partial charge in [-0.1, -0.05) is 24.8 Å². The summed E-state index contributed by atoms with van der Waals surface area (Å²) >= 11 is 0. The van der Waals surface area contributed by atoms with E-state index < -0.39 is 0 Å². The number of aromatic nitrogens is 1.